The fraction of sp³-hybridized carbons (Fsp3) is 0.250. The van der Waals surface area contributed by atoms with Crippen LogP contribution in [0.2, 0.25) is 0 Å². The summed E-state index contributed by atoms with van der Waals surface area (Å²) in [5.41, 5.74) is -0.311. The number of rotatable bonds is 2. The van der Waals surface area contributed by atoms with Gasteiger partial charge in [-0.15, -0.1) is 0 Å². The molecular weight excluding hydrogens is 318 g/mol. The third kappa shape index (κ3) is 2.19. The van der Waals surface area contributed by atoms with Gasteiger partial charge in [-0.2, -0.15) is 0 Å². The van der Waals surface area contributed by atoms with Crippen LogP contribution in [-0.4, -0.2) is 24.5 Å². The zero-order valence-corrected chi connectivity index (χ0v) is 14.4. The van der Waals surface area contributed by atoms with E-state index >= 15 is 0 Å². The predicted octanol–water partition coefficient (Wildman–Crippen LogP) is 4.23. The molecule has 1 saturated heterocycles. The van der Waals surface area contributed by atoms with Gasteiger partial charge in [0.1, 0.15) is 11.5 Å². The van der Waals surface area contributed by atoms with E-state index in [2.05, 4.69) is 0 Å². The fourth-order valence-corrected chi connectivity index (χ4v) is 3.34. The summed E-state index contributed by atoms with van der Waals surface area (Å²) in [5, 5.41) is 0. The molecule has 0 saturated carbocycles. The first-order valence-electron chi connectivity index (χ1n) is 8.11. The van der Waals surface area contributed by atoms with Gasteiger partial charge in [-0.3, -0.25) is 0 Å². The monoisotopic (exact) mass is 337 g/mol. The van der Waals surface area contributed by atoms with Crippen LogP contribution in [0.5, 0.6) is 11.5 Å². The maximum absolute atomic E-state index is 12.6. The molecule has 2 aromatic carbocycles. The molecule has 1 atom stereocenters. The van der Waals surface area contributed by atoms with Crippen molar-refractivity contribution in [2.45, 2.75) is 25.2 Å². The highest BCUT2D eigenvalue weighted by atomic mass is 16.6. The quantitative estimate of drug-likeness (QED) is 0.823. The molecule has 25 heavy (non-hydrogen) atoms. The van der Waals surface area contributed by atoms with Crippen molar-refractivity contribution in [3.63, 3.8) is 0 Å². The Kier molecular flexibility index (Phi) is 3.29. The Balaban J connectivity index is 1.85. The molecule has 5 nitrogen and oxygen atoms in total. The van der Waals surface area contributed by atoms with Crippen molar-refractivity contribution >= 4 is 17.9 Å². The molecule has 0 bridgehead atoms. The van der Waals surface area contributed by atoms with Gasteiger partial charge in [-0.05, 0) is 56.3 Å². The average Bonchev–Trinajstić information content (AvgIpc) is 2.80. The second-order valence-electron chi connectivity index (χ2n) is 6.58. The van der Waals surface area contributed by atoms with Crippen molar-refractivity contribution in [2.75, 3.05) is 12.0 Å². The summed E-state index contributed by atoms with van der Waals surface area (Å²) in [6, 6.07) is 15.0. The molecule has 1 spiro atoms. The third-order valence-electron chi connectivity index (χ3n) is 4.71. The number of hydrogen-bond acceptors (Lipinski definition) is 4. The Bertz CT molecular complexity index is 859. The smallest absolute Gasteiger partial charge is 0.418 e. The van der Waals surface area contributed by atoms with Crippen LogP contribution >= 0.6 is 0 Å². The number of hydrogen-bond donors (Lipinski definition) is 0. The van der Waals surface area contributed by atoms with Crippen molar-refractivity contribution in [2.24, 2.45) is 0 Å². The van der Waals surface area contributed by atoms with Gasteiger partial charge >= 0.3 is 6.09 Å². The van der Waals surface area contributed by atoms with E-state index in [4.69, 9.17) is 14.2 Å². The lowest BCUT2D eigenvalue weighted by atomic mass is 9.90. The fourth-order valence-electron chi connectivity index (χ4n) is 3.34. The Morgan fingerprint density at radius 1 is 1.04 bits per heavy atom. The Hall–Kier alpha value is -2.95. The summed E-state index contributed by atoms with van der Waals surface area (Å²) in [6.07, 6.45) is 3.39. The van der Waals surface area contributed by atoms with Crippen LogP contribution < -0.4 is 14.4 Å². The molecule has 0 aromatic heterocycles. The van der Waals surface area contributed by atoms with Gasteiger partial charge in [0, 0.05) is 5.56 Å². The summed E-state index contributed by atoms with van der Waals surface area (Å²) in [6.45, 7) is 3.71. The number of benzene rings is 2. The summed E-state index contributed by atoms with van der Waals surface area (Å²) in [4.78, 5) is 14.2. The number of ether oxygens (including phenoxy) is 3. The SMILES string of the molecule is COc1ccc2c(c1)C=C[C@]1(O2)N(c2ccccc2)C(=O)OC1(C)C. The van der Waals surface area contributed by atoms with E-state index in [0.717, 1.165) is 17.0 Å². The van der Waals surface area contributed by atoms with Crippen molar-refractivity contribution in [1.82, 2.24) is 0 Å². The molecule has 2 aromatic rings. The Morgan fingerprint density at radius 3 is 2.52 bits per heavy atom. The van der Waals surface area contributed by atoms with Crippen molar-refractivity contribution < 1.29 is 19.0 Å². The van der Waals surface area contributed by atoms with Crippen LogP contribution in [0.4, 0.5) is 10.5 Å². The van der Waals surface area contributed by atoms with E-state index in [1.54, 1.807) is 12.0 Å². The minimum atomic E-state index is -1.06. The second-order valence-corrected chi connectivity index (χ2v) is 6.58. The number of amides is 1. The number of para-hydroxylation sites is 1. The first kappa shape index (κ1) is 15.6. The minimum Gasteiger partial charge on any atom is -0.497 e. The Morgan fingerprint density at radius 2 is 1.80 bits per heavy atom. The largest absolute Gasteiger partial charge is 0.497 e. The van der Waals surface area contributed by atoms with Crippen LogP contribution in [-0.2, 0) is 4.74 Å². The lowest BCUT2D eigenvalue weighted by molar-refractivity contribution is -0.0379. The van der Waals surface area contributed by atoms with Crippen molar-refractivity contribution in [3.05, 3.63) is 60.2 Å². The minimum absolute atomic E-state index is 0.433. The van der Waals surface area contributed by atoms with Gasteiger partial charge in [0.2, 0.25) is 0 Å². The van der Waals surface area contributed by atoms with Crippen LogP contribution in [0.3, 0.4) is 0 Å². The number of anilines is 1. The number of nitrogens with zero attached hydrogens (tertiary/aromatic N) is 1. The van der Waals surface area contributed by atoms with Crippen LogP contribution in [0.25, 0.3) is 6.08 Å². The summed E-state index contributed by atoms with van der Waals surface area (Å²) >= 11 is 0. The highest BCUT2D eigenvalue weighted by Crippen LogP contribution is 2.47. The molecule has 128 valence electrons. The molecular formula is C20H19NO4. The van der Waals surface area contributed by atoms with Crippen LogP contribution in [0.15, 0.2) is 54.6 Å². The highest BCUT2D eigenvalue weighted by molar-refractivity contribution is 5.93. The molecule has 1 fully saturated rings. The molecule has 1 amide bonds. The lowest BCUT2D eigenvalue weighted by Gasteiger charge is -2.42. The maximum atomic E-state index is 12.6. The molecule has 0 unspecified atom stereocenters. The van der Waals surface area contributed by atoms with E-state index in [1.165, 1.54) is 0 Å². The van der Waals surface area contributed by atoms with Crippen LogP contribution in [0.1, 0.15) is 19.4 Å². The Labute approximate surface area is 146 Å². The number of carbonyl (C=O) groups excluding carboxylic acids is 1. The van der Waals surface area contributed by atoms with Gasteiger partial charge in [0.25, 0.3) is 5.72 Å². The number of methoxy groups -OCH3 is 1. The van der Waals surface area contributed by atoms with Gasteiger partial charge in [-0.1, -0.05) is 18.2 Å². The first-order chi connectivity index (χ1) is 12.0. The highest BCUT2D eigenvalue weighted by Gasteiger charge is 2.63. The molecule has 2 heterocycles. The van der Waals surface area contributed by atoms with Crippen LogP contribution in [0, 0.1) is 0 Å². The average molecular weight is 337 g/mol. The summed E-state index contributed by atoms with van der Waals surface area (Å²) < 4.78 is 17.3. The summed E-state index contributed by atoms with van der Waals surface area (Å²) in [7, 11) is 1.63. The molecule has 0 aliphatic carbocycles. The van der Waals surface area contributed by atoms with Gasteiger partial charge < -0.3 is 14.2 Å². The molecule has 2 aliphatic rings. The molecule has 0 radical (unpaired) electrons. The topological polar surface area (TPSA) is 48.0 Å². The molecule has 5 heteroatoms. The van der Waals surface area contributed by atoms with Crippen molar-refractivity contribution in [1.29, 1.82) is 0 Å². The number of cyclic esters (lactones) is 1. The van der Waals surface area contributed by atoms with E-state index in [9.17, 15) is 4.79 Å². The molecule has 4 rings (SSSR count). The van der Waals surface area contributed by atoms with E-state index in [1.807, 2.05) is 74.5 Å². The first-order valence-corrected chi connectivity index (χ1v) is 8.11. The maximum Gasteiger partial charge on any atom is 0.418 e. The van der Waals surface area contributed by atoms with Crippen molar-refractivity contribution in [3.8, 4) is 11.5 Å². The molecule has 2 aliphatic heterocycles. The van der Waals surface area contributed by atoms with E-state index in [0.29, 0.717) is 5.75 Å². The van der Waals surface area contributed by atoms with Gasteiger partial charge in [-0.25, -0.2) is 9.69 Å². The van der Waals surface area contributed by atoms with Gasteiger partial charge in [0.05, 0.1) is 12.8 Å². The lowest BCUT2D eigenvalue weighted by Crippen LogP contribution is -2.60. The van der Waals surface area contributed by atoms with Gasteiger partial charge in [0.15, 0.2) is 5.60 Å². The predicted molar refractivity (Wildman–Crippen MR) is 94.9 cm³/mol. The second kappa shape index (κ2) is 5.28. The standard InChI is InChI=1S/C20H19NO4/c1-19(2)20(21(18(22)25-19)15-7-5-4-6-8-15)12-11-14-13-16(23-3)9-10-17(14)24-20/h4-13H,1-3H3/t20-/m1/s1. The summed E-state index contributed by atoms with van der Waals surface area (Å²) in [5.74, 6) is 1.43. The number of fused-ring (bicyclic) bond motifs is 1. The zero-order valence-electron chi connectivity index (χ0n) is 14.4. The normalized spacial score (nSPS) is 23.2. The third-order valence-corrected chi connectivity index (χ3v) is 4.71. The molecule has 0 N–H and O–H groups in total. The van der Waals surface area contributed by atoms with E-state index < -0.39 is 17.4 Å². The van der Waals surface area contributed by atoms with E-state index in [-0.39, 0.29) is 0 Å². The number of carbonyl (C=O) groups is 1. The zero-order chi connectivity index (χ0) is 17.7.